The highest BCUT2D eigenvalue weighted by molar-refractivity contribution is 5.92. The zero-order valence-electron chi connectivity index (χ0n) is 8.99. The molecule has 0 saturated carbocycles. The fraction of sp³-hybridized carbons (Fsp3) is 0.364. The van der Waals surface area contributed by atoms with E-state index in [1.165, 1.54) is 0 Å². The number of benzene rings is 1. The van der Waals surface area contributed by atoms with Crippen molar-refractivity contribution in [1.29, 1.82) is 0 Å². The van der Waals surface area contributed by atoms with Gasteiger partial charge in [-0.1, -0.05) is 0 Å². The molecular weight excluding hydrogens is 192 g/mol. The van der Waals surface area contributed by atoms with Gasteiger partial charge in [0.1, 0.15) is 11.4 Å². The summed E-state index contributed by atoms with van der Waals surface area (Å²) in [5.41, 5.74) is 10.7. The number of primary amides is 1. The second-order valence-electron chi connectivity index (χ2n) is 3.95. The summed E-state index contributed by atoms with van der Waals surface area (Å²) in [6, 6.07) is 6.67. The van der Waals surface area contributed by atoms with Gasteiger partial charge in [-0.25, -0.2) is 0 Å². The second-order valence-corrected chi connectivity index (χ2v) is 3.95. The quantitative estimate of drug-likeness (QED) is 0.771. The normalized spacial score (nSPS) is 11.1. The fourth-order valence-electron chi connectivity index (χ4n) is 1.05. The van der Waals surface area contributed by atoms with Crippen LogP contribution < -0.4 is 16.2 Å². The molecule has 0 saturated heterocycles. The van der Waals surface area contributed by atoms with Crippen LogP contribution in [0.15, 0.2) is 24.3 Å². The van der Waals surface area contributed by atoms with E-state index in [1.54, 1.807) is 24.3 Å². The molecule has 0 aromatic heterocycles. The van der Waals surface area contributed by atoms with Crippen LogP contribution in [0.3, 0.4) is 0 Å². The monoisotopic (exact) mass is 208 g/mol. The lowest BCUT2D eigenvalue weighted by atomic mass is 10.1. The summed E-state index contributed by atoms with van der Waals surface area (Å²) in [6.45, 7) is 4.22. The van der Waals surface area contributed by atoms with Crippen molar-refractivity contribution < 1.29 is 9.53 Å². The number of hydrogen-bond donors (Lipinski definition) is 2. The Morgan fingerprint density at radius 3 is 2.27 bits per heavy atom. The SMILES string of the molecule is CC(C)(CN)Oc1ccc(C(N)=O)cc1. The predicted octanol–water partition coefficient (Wildman–Crippen LogP) is 0.902. The molecule has 0 bridgehead atoms. The molecule has 1 amide bonds. The van der Waals surface area contributed by atoms with Crippen LogP contribution >= 0.6 is 0 Å². The molecule has 0 aliphatic rings. The van der Waals surface area contributed by atoms with Crippen molar-refractivity contribution in [1.82, 2.24) is 0 Å². The van der Waals surface area contributed by atoms with Crippen LogP contribution in [0.4, 0.5) is 0 Å². The van der Waals surface area contributed by atoms with Crippen LogP contribution in [-0.4, -0.2) is 18.1 Å². The van der Waals surface area contributed by atoms with Crippen molar-refractivity contribution in [2.75, 3.05) is 6.54 Å². The van der Waals surface area contributed by atoms with E-state index in [0.717, 1.165) is 0 Å². The maximum absolute atomic E-state index is 10.8. The second kappa shape index (κ2) is 4.31. The third-order valence-electron chi connectivity index (χ3n) is 2.02. The lowest BCUT2D eigenvalue weighted by Gasteiger charge is -2.24. The molecule has 15 heavy (non-hydrogen) atoms. The molecule has 0 fully saturated rings. The number of rotatable bonds is 4. The Bertz CT molecular complexity index is 344. The van der Waals surface area contributed by atoms with Crippen LogP contribution in [-0.2, 0) is 0 Å². The van der Waals surface area contributed by atoms with E-state index in [4.69, 9.17) is 16.2 Å². The Morgan fingerprint density at radius 2 is 1.87 bits per heavy atom. The van der Waals surface area contributed by atoms with E-state index in [0.29, 0.717) is 17.9 Å². The van der Waals surface area contributed by atoms with Gasteiger partial charge in [-0.05, 0) is 38.1 Å². The molecule has 1 aromatic rings. The number of hydrogen-bond acceptors (Lipinski definition) is 3. The molecule has 0 spiro atoms. The Morgan fingerprint density at radius 1 is 1.33 bits per heavy atom. The van der Waals surface area contributed by atoms with E-state index in [9.17, 15) is 4.79 Å². The van der Waals surface area contributed by atoms with Gasteiger partial charge >= 0.3 is 0 Å². The maximum Gasteiger partial charge on any atom is 0.248 e. The molecular formula is C11H16N2O2. The van der Waals surface area contributed by atoms with Crippen molar-refractivity contribution in [3.63, 3.8) is 0 Å². The largest absolute Gasteiger partial charge is 0.487 e. The van der Waals surface area contributed by atoms with Crippen LogP contribution in [0.25, 0.3) is 0 Å². The lowest BCUT2D eigenvalue weighted by Crippen LogP contribution is -2.37. The van der Waals surface area contributed by atoms with E-state index in [-0.39, 0.29) is 0 Å². The van der Waals surface area contributed by atoms with Gasteiger partial charge in [-0.2, -0.15) is 0 Å². The molecule has 0 radical (unpaired) electrons. The Balaban J connectivity index is 2.77. The molecule has 0 aliphatic carbocycles. The molecule has 0 heterocycles. The molecule has 1 rings (SSSR count). The van der Waals surface area contributed by atoms with Gasteiger partial charge in [0.15, 0.2) is 0 Å². The van der Waals surface area contributed by atoms with E-state index < -0.39 is 11.5 Å². The Hall–Kier alpha value is -1.55. The van der Waals surface area contributed by atoms with Crippen molar-refractivity contribution in [3.05, 3.63) is 29.8 Å². The van der Waals surface area contributed by atoms with E-state index in [2.05, 4.69) is 0 Å². The highest BCUT2D eigenvalue weighted by atomic mass is 16.5. The van der Waals surface area contributed by atoms with Crippen molar-refractivity contribution in [2.45, 2.75) is 19.4 Å². The van der Waals surface area contributed by atoms with E-state index in [1.807, 2.05) is 13.8 Å². The van der Waals surface area contributed by atoms with Crippen LogP contribution in [0.1, 0.15) is 24.2 Å². The number of carbonyl (C=O) groups excluding carboxylic acids is 1. The number of amides is 1. The topological polar surface area (TPSA) is 78.3 Å². The van der Waals surface area contributed by atoms with Gasteiger partial charge in [0.2, 0.25) is 5.91 Å². The molecule has 0 unspecified atom stereocenters. The molecule has 1 aromatic carbocycles. The van der Waals surface area contributed by atoms with Crippen LogP contribution in [0.2, 0.25) is 0 Å². The van der Waals surface area contributed by atoms with Crippen LogP contribution in [0.5, 0.6) is 5.75 Å². The molecule has 4 nitrogen and oxygen atoms in total. The minimum absolute atomic E-state index is 0.408. The average Bonchev–Trinajstić information content (AvgIpc) is 2.18. The first-order valence-electron chi connectivity index (χ1n) is 4.73. The molecule has 0 atom stereocenters. The minimum atomic E-state index is -0.445. The summed E-state index contributed by atoms with van der Waals surface area (Å²) in [5.74, 6) is 0.232. The Labute approximate surface area is 89.2 Å². The molecule has 0 aliphatic heterocycles. The molecule has 4 heteroatoms. The third kappa shape index (κ3) is 3.25. The van der Waals surface area contributed by atoms with Gasteiger partial charge in [0, 0.05) is 12.1 Å². The zero-order valence-corrected chi connectivity index (χ0v) is 8.99. The fourth-order valence-corrected chi connectivity index (χ4v) is 1.05. The molecule has 82 valence electrons. The summed E-state index contributed by atoms with van der Waals surface area (Å²) < 4.78 is 5.61. The lowest BCUT2D eigenvalue weighted by molar-refractivity contribution is 0.1000. The van der Waals surface area contributed by atoms with Gasteiger partial charge in [-0.15, -0.1) is 0 Å². The first kappa shape index (κ1) is 11.5. The average molecular weight is 208 g/mol. The van der Waals surface area contributed by atoms with Gasteiger partial charge in [0.25, 0.3) is 0 Å². The Kier molecular flexibility index (Phi) is 3.31. The van der Waals surface area contributed by atoms with E-state index >= 15 is 0 Å². The van der Waals surface area contributed by atoms with Crippen molar-refractivity contribution in [3.8, 4) is 5.75 Å². The van der Waals surface area contributed by atoms with Crippen LogP contribution in [0, 0.1) is 0 Å². The maximum atomic E-state index is 10.8. The van der Waals surface area contributed by atoms with Crippen molar-refractivity contribution >= 4 is 5.91 Å². The van der Waals surface area contributed by atoms with Crippen molar-refractivity contribution in [2.24, 2.45) is 11.5 Å². The first-order valence-corrected chi connectivity index (χ1v) is 4.73. The third-order valence-corrected chi connectivity index (χ3v) is 2.02. The smallest absolute Gasteiger partial charge is 0.248 e. The highest BCUT2D eigenvalue weighted by Gasteiger charge is 2.17. The summed E-state index contributed by atoms with van der Waals surface area (Å²) in [5, 5.41) is 0. The van der Waals surface area contributed by atoms with Gasteiger partial charge < -0.3 is 16.2 Å². The molecule has 4 N–H and O–H groups in total. The number of carbonyl (C=O) groups is 1. The standard InChI is InChI=1S/C11H16N2O2/c1-11(2,7-12)15-9-5-3-8(4-6-9)10(13)14/h3-6H,7,12H2,1-2H3,(H2,13,14). The van der Waals surface area contributed by atoms with Gasteiger partial charge in [0.05, 0.1) is 0 Å². The summed E-state index contributed by atoms with van der Waals surface area (Å²) in [6.07, 6.45) is 0. The minimum Gasteiger partial charge on any atom is -0.487 e. The first-order chi connectivity index (χ1) is 6.94. The predicted molar refractivity (Wildman–Crippen MR) is 58.7 cm³/mol. The number of ether oxygens (including phenoxy) is 1. The summed E-state index contributed by atoms with van der Waals surface area (Å²) >= 11 is 0. The summed E-state index contributed by atoms with van der Waals surface area (Å²) in [4.78, 5) is 10.8. The number of nitrogens with two attached hydrogens (primary N) is 2. The highest BCUT2D eigenvalue weighted by Crippen LogP contribution is 2.17. The summed E-state index contributed by atoms with van der Waals surface area (Å²) in [7, 11) is 0. The van der Waals surface area contributed by atoms with Gasteiger partial charge in [-0.3, -0.25) is 4.79 Å². The zero-order chi connectivity index (χ0) is 11.5.